The van der Waals surface area contributed by atoms with Gasteiger partial charge in [-0.05, 0) is 18.9 Å². The number of rotatable bonds is 3. The topological polar surface area (TPSA) is 91.8 Å². The Labute approximate surface area is 188 Å². The minimum Gasteiger partial charge on any atom is -0.321 e. The Morgan fingerprint density at radius 2 is 1.76 bits per heavy atom. The number of sulfone groups is 1. The minimum absolute atomic E-state index is 0.0771. The standard InChI is InChI=1S/C19H19F6N5O3S/c1-4-34(32,33)15-11-6-5-9(18(20,21)22)8-30(11)27-13(15)16-26-10-7-12(19(23,24)25)28(2)17(31)14(10)29(16)3/h7,9H,4-6,8H2,1-3H3. The molecule has 0 amide bonds. The lowest BCUT2D eigenvalue weighted by molar-refractivity contribution is -0.182. The number of imidazole rings is 1. The third kappa shape index (κ3) is 3.69. The first kappa shape index (κ1) is 24.3. The van der Waals surface area contributed by atoms with E-state index in [1.165, 1.54) is 14.0 Å². The normalized spacial score (nSPS) is 17.4. The van der Waals surface area contributed by atoms with Crippen LogP contribution in [0.15, 0.2) is 15.8 Å². The zero-order valence-electron chi connectivity index (χ0n) is 18.1. The molecule has 186 valence electrons. The Morgan fingerprint density at radius 3 is 2.32 bits per heavy atom. The van der Waals surface area contributed by atoms with Crippen molar-refractivity contribution in [1.29, 1.82) is 0 Å². The molecular formula is C19H19F6N5O3S. The molecule has 0 N–H and O–H groups in total. The largest absolute Gasteiger partial charge is 0.431 e. The van der Waals surface area contributed by atoms with Gasteiger partial charge in [0.1, 0.15) is 21.8 Å². The van der Waals surface area contributed by atoms with Crippen LogP contribution < -0.4 is 5.56 Å². The SMILES string of the molecule is CCS(=O)(=O)c1c(-c2nc3cc(C(F)(F)F)n(C)c(=O)c3n2C)nn2c1CCC(C(F)(F)F)C2. The fraction of sp³-hybridized carbons (Fsp3) is 0.526. The summed E-state index contributed by atoms with van der Waals surface area (Å²) >= 11 is 0. The molecular weight excluding hydrogens is 492 g/mol. The van der Waals surface area contributed by atoms with Crippen LogP contribution in [0.4, 0.5) is 26.3 Å². The summed E-state index contributed by atoms with van der Waals surface area (Å²) in [5.74, 6) is -2.35. The van der Waals surface area contributed by atoms with Gasteiger partial charge in [-0.15, -0.1) is 0 Å². The van der Waals surface area contributed by atoms with Gasteiger partial charge in [0, 0.05) is 14.1 Å². The number of pyridine rings is 1. The lowest BCUT2D eigenvalue weighted by atomic mass is 9.98. The summed E-state index contributed by atoms with van der Waals surface area (Å²) in [6, 6.07) is 0.657. The first-order valence-electron chi connectivity index (χ1n) is 10.1. The average molecular weight is 511 g/mol. The van der Waals surface area contributed by atoms with E-state index in [2.05, 4.69) is 10.1 Å². The lowest BCUT2D eigenvalue weighted by Gasteiger charge is -2.25. The van der Waals surface area contributed by atoms with Crippen LogP contribution >= 0.6 is 0 Å². The Hall–Kier alpha value is -2.84. The Morgan fingerprint density at radius 1 is 1.12 bits per heavy atom. The van der Waals surface area contributed by atoms with Crippen LogP contribution in [0.3, 0.4) is 0 Å². The maximum absolute atomic E-state index is 13.4. The van der Waals surface area contributed by atoms with Gasteiger partial charge >= 0.3 is 12.4 Å². The van der Waals surface area contributed by atoms with E-state index in [1.54, 1.807) is 0 Å². The predicted octanol–water partition coefficient (Wildman–Crippen LogP) is 3.07. The van der Waals surface area contributed by atoms with Crippen molar-refractivity contribution in [2.45, 2.75) is 43.6 Å². The second-order valence-corrected chi connectivity index (χ2v) is 10.3. The monoisotopic (exact) mass is 511 g/mol. The molecule has 3 aromatic rings. The molecule has 34 heavy (non-hydrogen) atoms. The van der Waals surface area contributed by atoms with Crippen LogP contribution in [0, 0.1) is 5.92 Å². The molecule has 8 nitrogen and oxygen atoms in total. The van der Waals surface area contributed by atoms with Crippen LogP contribution in [0.2, 0.25) is 0 Å². The lowest BCUT2D eigenvalue weighted by Crippen LogP contribution is -2.32. The van der Waals surface area contributed by atoms with Crippen molar-refractivity contribution in [1.82, 2.24) is 23.9 Å². The maximum atomic E-state index is 13.4. The summed E-state index contributed by atoms with van der Waals surface area (Å²) in [5, 5.41) is 4.10. The minimum atomic E-state index is -4.85. The molecule has 4 rings (SSSR count). The van der Waals surface area contributed by atoms with Crippen LogP contribution in [-0.2, 0) is 43.1 Å². The number of alkyl halides is 6. The number of hydrogen-bond acceptors (Lipinski definition) is 5. The highest BCUT2D eigenvalue weighted by atomic mass is 32.2. The van der Waals surface area contributed by atoms with E-state index in [0.717, 1.165) is 16.3 Å². The van der Waals surface area contributed by atoms with Gasteiger partial charge < -0.3 is 9.13 Å². The Balaban J connectivity index is 2.01. The van der Waals surface area contributed by atoms with Gasteiger partial charge in [0.25, 0.3) is 5.56 Å². The van der Waals surface area contributed by atoms with E-state index in [4.69, 9.17) is 0 Å². The molecule has 0 radical (unpaired) electrons. The molecule has 1 aliphatic heterocycles. The van der Waals surface area contributed by atoms with Crippen molar-refractivity contribution in [2.24, 2.45) is 20.0 Å². The Kier molecular flexibility index (Phi) is 5.42. The van der Waals surface area contributed by atoms with E-state index in [0.29, 0.717) is 10.6 Å². The van der Waals surface area contributed by atoms with Crippen LogP contribution in [0.1, 0.15) is 24.7 Å². The number of halogens is 6. The molecule has 0 saturated carbocycles. The van der Waals surface area contributed by atoms with Crippen LogP contribution in [0.25, 0.3) is 22.6 Å². The highest BCUT2D eigenvalue weighted by Gasteiger charge is 2.44. The molecule has 0 aromatic carbocycles. The van der Waals surface area contributed by atoms with E-state index in [9.17, 15) is 39.6 Å². The van der Waals surface area contributed by atoms with Crippen LogP contribution in [0.5, 0.6) is 0 Å². The quantitative estimate of drug-likeness (QED) is 0.504. The molecule has 15 heteroatoms. The fourth-order valence-corrected chi connectivity index (χ4v) is 5.50. The third-order valence-corrected chi connectivity index (χ3v) is 7.86. The number of nitrogens with zero attached hydrogens (tertiary/aromatic N) is 5. The summed E-state index contributed by atoms with van der Waals surface area (Å²) in [4.78, 5) is 16.4. The molecule has 0 spiro atoms. The van der Waals surface area contributed by atoms with Gasteiger partial charge in [0.2, 0.25) is 0 Å². The average Bonchev–Trinajstić information content (AvgIpc) is 3.26. The summed E-state index contributed by atoms with van der Waals surface area (Å²) in [7, 11) is -1.77. The maximum Gasteiger partial charge on any atom is 0.431 e. The molecule has 0 aliphatic carbocycles. The number of aromatic nitrogens is 5. The molecule has 0 bridgehead atoms. The molecule has 1 unspecified atom stereocenters. The van der Waals surface area contributed by atoms with Gasteiger partial charge in [-0.2, -0.15) is 31.4 Å². The molecule has 4 heterocycles. The van der Waals surface area contributed by atoms with Crippen molar-refractivity contribution in [3.63, 3.8) is 0 Å². The van der Waals surface area contributed by atoms with Crippen molar-refractivity contribution in [2.75, 3.05) is 5.75 Å². The second kappa shape index (κ2) is 7.58. The number of hydrogen-bond donors (Lipinski definition) is 0. The number of aryl methyl sites for hydroxylation is 1. The molecule has 0 saturated heterocycles. The van der Waals surface area contributed by atoms with Crippen molar-refractivity contribution in [3.8, 4) is 11.5 Å². The smallest absolute Gasteiger partial charge is 0.321 e. The van der Waals surface area contributed by atoms with Gasteiger partial charge in [0.15, 0.2) is 15.7 Å². The van der Waals surface area contributed by atoms with E-state index in [-0.39, 0.29) is 51.7 Å². The van der Waals surface area contributed by atoms with Gasteiger partial charge in [-0.1, -0.05) is 6.92 Å². The first-order valence-corrected chi connectivity index (χ1v) is 11.8. The molecule has 1 atom stereocenters. The van der Waals surface area contributed by atoms with Gasteiger partial charge in [-0.3, -0.25) is 9.48 Å². The van der Waals surface area contributed by atoms with E-state index < -0.39 is 45.9 Å². The zero-order valence-corrected chi connectivity index (χ0v) is 18.9. The highest BCUT2D eigenvalue weighted by molar-refractivity contribution is 7.91. The van der Waals surface area contributed by atoms with Crippen LogP contribution in [-0.4, -0.2) is 44.2 Å². The highest BCUT2D eigenvalue weighted by Crippen LogP contribution is 2.39. The van der Waals surface area contributed by atoms with Crippen molar-refractivity contribution in [3.05, 3.63) is 27.8 Å². The van der Waals surface area contributed by atoms with Crippen molar-refractivity contribution >= 4 is 20.9 Å². The molecule has 0 fully saturated rings. The Bertz CT molecular complexity index is 1460. The van der Waals surface area contributed by atoms with Gasteiger partial charge in [0.05, 0.1) is 29.4 Å². The molecule has 1 aliphatic rings. The van der Waals surface area contributed by atoms with Crippen molar-refractivity contribution < 1.29 is 34.8 Å². The predicted molar refractivity (Wildman–Crippen MR) is 108 cm³/mol. The number of fused-ring (bicyclic) bond motifs is 2. The second-order valence-electron chi connectivity index (χ2n) is 8.11. The summed E-state index contributed by atoms with van der Waals surface area (Å²) in [6.07, 6.45) is -9.91. The zero-order chi connectivity index (χ0) is 25.4. The van der Waals surface area contributed by atoms with E-state index >= 15 is 0 Å². The van der Waals surface area contributed by atoms with Gasteiger partial charge in [-0.25, -0.2) is 13.4 Å². The summed E-state index contributed by atoms with van der Waals surface area (Å²) in [5.41, 5.74) is -3.07. The van der Waals surface area contributed by atoms with E-state index in [1.807, 2.05) is 0 Å². The fourth-order valence-electron chi connectivity index (χ4n) is 4.22. The first-order chi connectivity index (χ1) is 15.6. The third-order valence-electron chi connectivity index (χ3n) is 6.05. The summed E-state index contributed by atoms with van der Waals surface area (Å²) < 4.78 is 108. The molecule has 3 aromatic heterocycles. The summed E-state index contributed by atoms with van der Waals surface area (Å²) in [6.45, 7) is 0.750.